The fourth-order valence-electron chi connectivity index (χ4n) is 1.66. The molecule has 7 heteroatoms. The SMILES string of the molecule is CCC(C)N(C)CCNS(=O)(=O)c1ccc(Br)cc1F. The van der Waals surface area contributed by atoms with E-state index in [1.165, 1.54) is 12.1 Å². The van der Waals surface area contributed by atoms with Crippen molar-refractivity contribution in [3.63, 3.8) is 0 Å². The van der Waals surface area contributed by atoms with Gasteiger partial charge >= 0.3 is 0 Å². The lowest BCUT2D eigenvalue weighted by Gasteiger charge is -2.23. The molecule has 114 valence electrons. The molecule has 0 bridgehead atoms. The zero-order valence-corrected chi connectivity index (χ0v) is 14.3. The predicted molar refractivity (Wildman–Crippen MR) is 81.7 cm³/mol. The van der Waals surface area contributed by atoms with Crippen LogP contribution in [-0.4, -0.2) is 39.5 Å². The number of nitrogens with one attached hydrogen (secondary N) is 1. The molecule has 0 aromatic heterocycles. The first kappa shape index (κ1) is 17.6. The molecule has 0 saturated heterocycles. The van der Waals surface area contributed by atoms with Crippen molar-refractivity contribution < 1.29 is 12.8 Å². The minimum atomic E-state index is -3.81. The molecule has 0 radical (unpaired) electrons. The minimum absolute atomic E-state index is 0.249. The highest BCUT2D eigenvalue weighted by molar-refractivity contribution is 9.10. The lowest BCUT2D eigenvalue weighted by Crippen LogP contribution is -2.37. The first-order valence-corrected chi connectivity index (χ1v) is 8.70. The summed E-state index contributed by atoms with van der Waals surface area (Å²) in [7, 11) is -1.88. The molecule has 1 N–H and O–H groups in total. The van der Waals surface area contributed by atoms with Crippen molar-refractivity contribution in [1.82, 2.24) is 9.62 Å². The Bertz CT molecular complexity index is 551. The second kappa shape index (κ2) is 7.49. The Labute approximate surface area is 128 Å². The van der Waals surface area contributed by atoms with Gasteiger partial charge in [-0.3, -0.25) is 0 Å². The lowest BCUT2D eigenvalue weighted by atomic mass is 10.2. The van der Waals surface area contributed by atoms with Gasteiger partial charge in [0.25, 0.3) is 0 Å². The van der Waals surface area contributed by atoms with Gasteiger partial charge in [-0.25, -0.2) is 17.5 Å². The van der Waals surface area contributed by atoms with Gasteiger partial charge < -0.3 is 4.90 Å². The van der Waals surface area contributed by atoms with E-state index >= 15 is 0 Å². The molecule has 0 spiro atoms. The van der Waals surface area contributed by atoms with Crippen LogP contribution in [0.15, 0.2) is 27.6 Å². The highest BCUT2D eigenvalue weighted by atomic mass is 79.9. The molecule has 20 heavy (non-hydrogen) atoms. The molecule has 1 aromatic rings. The average molecular weight is 367 g/mol. The number of likely N-dealkylation sites (N-methyl/N-ethyl adjacent to an activating group) is 1. The maximum absolute atomic E-state index is 13.7. The average Bonchev–Trinajstić information content (AvgIpc) is 2.36. The molecule has 4 nitrogen and oxygen atoms in total. The number of benzene rings is 1. The number of sulfonamides is 1. The molecule has 0 aliphatic carbocycles. The molecule has 0 fully saturated rings. The third kappa shape index (κ3) is 4.80. The molecule has 1 rings (SSSR count). The predicted octanol–water partition coefficient (Wildman–Crippen LogP) is 2.60. The quantitative estimate of drug-likeness (QED) is 0.806. The Balaban J connectivity index is 2.67. The van der Waals surface area contributed by atoms with Crippen LogP contribution in [-0.2, 0) is 10.0 Å². The summed E-state index contributed by atoms with van der Waals surface area (Å²) in [6.45, 7) is 4.97. The van der Waals surface area contributed by atoms with Crippen LogP contribution in [0.3, 0.4) is 0 Å². The molecular formula is C13H20BrFN2O2S. The Morgan fingerprint density at radius 3 is 2.65 bits per heavy atom. The third-order valence-electron chi connectivity index (χ3n) is 3.28. The van der Waals surface area contributed by atoms with Crippen LogP contribution in [0.1, 0.15) is 20.3 Å². The highest BCUT2D eigenvalue weighted by Gasteiger charge is 2.19. The normalized spacial score (nSPS) is 13.7. The zero-order chi connectivity index (χ0) is 15.3. The third-order valence-corrected chi connectivity index (χ3v) is 5.27. The molecule has 0 aliphatic rings. The molecular weight excluding hydrogens is 347 g/mol. The van der Waals surface area contributed by atoms with Crippen molar-refractivity contribution in [3.05, 3.63) is 28.5 Å². The first-order valence-electron chi connectivity index (χ1n) is 6.43. The van der Waals surface area contributed by atoms with Crippen molar-refractivity contribution in [2.24, 2.45) is 0 Å². The number of halogens is 2. The number of hydrogen-bond donors (Lipinski definition) is 1. The van der Waals surface area contributed by atoms with Gasteiger partial charge in [0.15, 0.2) is 0 Å². The fraction of sp³-hybridized carbons (Fsp3) is 0.538. The summed E-state index contributed by atoms with van der Waals surface area (Å²) in [4.78, 5) is 1.73. The van der Waals surface area contributed by atoms with Gasteiger partial charge in [0.1, 0.15) is 10.7 Å². The largest absolute Gasteiger partial charge is 0.302 e. The van der Waals surface area contributed by atoms with Gasteiger partial charge in [0, 0.05) is 23.6 Å². The Kier molecular flexibility index (Phi) is 6.57. The van der Waals surface area contributed by atoms with Crippen LogP contribution < -0.4 is 4.72 Å². The van der Waals surface area contributed by atoms with E-state index in [-0.39, 0.29) is 11.4 Å². The van der Waals surface area contributed by atoms with Crippen LogP contribution >= 0.6 is 15.9 Å². The van der Waals surface area contributed by atoms with Crippen LogP contribution in [0.4, 0.5) is 4.39 Å². The number of hydrogen-bond acceptors (Lipinski definition) is 3. The molecule has 0 amide bonds. The first-order chi connectivity index (χ1) is 9.27. The van der Waals surface area contributed by atoms with Gasteiger partial charge in [-0.2, -0.15) is 0 Å². The number of nitrogens with zero attached hydrogens (tertiary/aromatic N) is 1. The second-order valence-electron chi connectivity index (χ2n) is 4.71. The molecule has 1 unspecified atom stereocenters. The van der Waals surface area contributed by atoms with Gasteiger partial charge in [0.2, 0.25) is 10.0 Å². The summed E-state index contributed by atoms with van der Waals surface area (Å²) >= 11 is 3.10. The zero-order valence-electron chi connectivity index (χ0n) is 11.9. The van der Waals surface area contributed by atoms with Crippen molar-refractivity contribution in [1.29, 1.82) is 0 Å². The monoisotopic (exact) mass is 366 g/mol. The number of rotatable bonds is 7. The summed E-state index contributed by atoms with van der Waals surface area (Å²) in [6.07, 6.45) is 0.991. The second-order valence-corrected chi connectivity index (χ2v) is 7.36. The summed E-state index contributed by atoms with van der Waals surface area (Å²) in [5.41, 5.74) is 0. The summed E-state index contributed by atoms with van der Waals surface area (Å²) in [5, 5.41) is 0. The lowest BCUT2D eigenvalue weighted by molar-refractivity contribution is 0.256. The van der Waals surface area contributed by atoms with E-state index in [0.29, 0.717) is 17.1 Å². The summed E-state index contributed by atoms with van der Waals surface area (Å²) in [5.74, 6) is -0.762. The van der Waals surface area contributed by atoms with Gasteiger partial charge in [-0.15, -0.1) is 0 Å². The van der Waals surface area contributed by atoms with Crippen LogP contribution in [0, 0.1) is 5.82 Å². The maximum Gasteiger partial charge on any atom is 0.243 e. The van der Waals surface area contributed by atoms with E-state index in [1.54, 1.807) is 0 Å². The summed E-state index contributed by atoms with van der Waals surface area (Å²) < 4.78 is 40.6. The molecule has 0 saturated carbocycles. The Morgan fingerprint density at radius 2 is 2.10 bits per heavy atom. The van der Waals surface area contributed by atoms with Crippen molar-refractivity contribution in [2.75, 3.05) is 20.1 Å². The van der Waals surface area contributed by atoms with E-state index in [2.05, 4.69) is 39.4 Å². The van der Waals surface area contributed by atoms with Crippen molar-refractivity contribution in [2.45, 2.75) is 31.2 Å². The molecule has 0 aliphatic heterocycles. The molecule has 1 aromatic carbocycles. The van der Waals surface area contributed by atoms with Gasteiger partial charge in [-0.05, 0) is 38.6 Å². The van der Waals surface area contributed by atoms with Gasteiger partial charge in [-0.1, -0.05) is 22.9 Å². The Morgan fingerprint density at radius 1 is 1.45 bits per heavy atom. The topological polar surface area (TPSA) is 49.4 Å². The standard InChI is InChI=1S/C13H20BrFN2O2S/c1-4-10(2)17(3)8-7-16-20(18,19)13-6-5-11(14)9-12(13)15/h5-6,9-10,16H,4,7-8H2,1-3H3. The van der Waals surface area contributed by atoms with Crippen molar-refractivity contribution in [3.8, 4) is 0 Å². The highest BCUT2D eigenvalue weighted by Crippen LogP contribution is 2.19. The van der Waals surface area contributed by atoms with Crippen LogP contribution in [0.5, 0.6) is 0 Å². The molecule has 1 atom stereocenters. The van der Waals surface area contributed by atoms with E-state index < -0.39 is 15.8 Å². The minimum Gasteiger partial charge on any atom is -0.302 e. The van der Waals surface area contributed by atoms with E-state index in [1.807, 2.05) is 7.05 Å². The van der Waals surface area contributed by atoms with Gasteiger partial charge in [0.05, 0.1) is 0 Å². The fourth-order valence-corrected chi connectivity index (χ4v) is 3.07. The van der Waals surface area contributed by atoms with E-state index in [0.717, 1.165) is 12.5 Å². The van der Waals surface area contributed by atoms with Crippen LogP contribution in [0.25, 0.3) is 0 Å². The maximum atomic E-state index is 13.7. The smallest absolute Gasteiger partial charge is 0.243 e. The van der Waals surface area contributed by atoms with E-state index in [9.17, 15) is 12.8 Å². The van der Waals surface area contributed by atoms with E-state index in [4.69, 9.17) is 0 Å². The van der Waals surface area contributed by atoms with Crippen molar-refractivity contribution >= 4 is 26.0 Å². The molecule has 0 heterocycles. The Hall–Kier alpha value is -0.500. The van der Waals surface area contributed by atoms with Crippen LogP contribution in [0.2, 0.25) is 0 Å². The summed E-state index contributed by atoms with van der Waals surface area (Å²) in [6, 6.07) is 4.27.